The molecule has 0 aliphatic rings. The summed E-state index contributed by atoms with van der Waals surface area (Å²) in [6, 6.07) is 23.5. The normalized spacial score (nSPS) is 11.0. The Hall–Kier alpha value is -5.12. The highest BCUT2D eigenvalue weighted by Gasteiger charge is 2.10. The van der Waals surface area contributed by atoms with Crippen LogP contribution in [0.15, 0.2) is 120 Å². The van der Waals surface area contributed by atoms with Crippen molar-refractivity contribution in [2.45, 2.75) is 20.8 Å². The molecule has 5 aromatic rings. The molecule has 0 radical (unpaired) electrons. The second-order valence-electron chi connectivity index (χ2n) is 9.93. The molecule has 5 rings (SSSR count). The van der Waals surface area contributed by atoms with E-state index in [1.54, 1.807) is 30.6 Å². The summed E-state index contributed by atoms with van der Waals surface area (Å²) in [6.07, 6.45) is 7.99. The standard InChI is InChI=1S/C27H29N5O.C9H6OS2/c1-6-7-25(21-11-8-18(2)9-12-21)30-20(4)31-26-15-23(13-10-19(26)3)32-27(33)22-14-24(28-5)17-29-16-22;10-6-7-3-4-9(12-7)8-2-1-5-11-8/h6-17,28,31H,4H2,1-3,5H3,(H,32,33);1-6H/b7-6-,30-25+;. The number of rotatable bonds is 10. The minimum atomic E-state index is -0.235. The Labute approximate surface area is 272 Å². The molecule has 3 heterocycles. The van der Waals surface area contributed by atoms with E-state index in [0.29, 0.717) is 17.1 Å². The first-order valence-corrected chi connectivity index (χ1v) is 15.9. The fraction of sp³-hybridized carbons (Fsp3) is 0.111. The Morgan fingerprint density at radius 1 is 0.911 bits per heavy atom. The molecule has 0 saturated heterocycles. The van der Waals surface area contributed by atoms with Gasteiger partial charge in [-0.15, -0.1) is 22.7 Å². The number of anilines is 3. The van der Waals surface area contributed by atoms with Crippen LogP contribution in [0, 0.1) is 13.8 Å². The molecular formula is C36H35N5O2S2. The van der Waals surface area contributed by atoms with Crippen molar-refractivity contribution in [1.82, 2.24) is 4.98 Å². The minimum absolute atomic E-state index is 0.235. The number of hydrogen-bond donors (Lipinski definition) is 3. The van der Waals surface area contributed by atoms with E-state index in [-0.39, 0.29) is 5.91 Å². The monoisotopic (exact) mass is 633 g/mol. The molecule has 0 fully saturated rings. The zero-order valence-corrected chi connectivity index (χ0v) is 27.3. The molecule has 228 valence electrons. The molecule has 45 heavy (non-hydrogen) atoms. The van der Waals surface area contributed by atoms with Crippen LogP contribution in [0.5, 0.6) is 0 Å². The van der Waals surface area contributed by atoms with Crippen molar-refractivity contribution < 1.29 is 9.59 Å². The molecule has 9 heteroatoms. The van der Waals surface area contributed by atoms with Crippen LogP contribution >= 0.6 is 22.7 Å². The van der Waals surface area contributed by atoms with E-state index in [0.717, 1.165) is 39.4 Å². The number of nitrogens with one attached hydrogen (secondary N) is 3. The van der Waals surface area contributed by atoms with E-state index >= 15 is 0 Å². The molecule has 0 unspecified atom stereocenters. The summed E-state index contributed by atoms with van der Waals surface area (Å²) in [5.41, 5.74) is 6.74. The number of aliphatic imine (C=N–C) groups is 1. The number of benzene rings is 2. The van der Waals surface area contributed by atoms with Crippen molar-refractivity contribution in [2.75, 3.05) is 23.0 Å². The summed E-state index contributed by atoms with van der Waals surface area (Å²) in [4.78, 5) is 35.0. The molecule has 0 atom stereocenters. The average Bonchev–Trinajstić information content (AvgIpc) is 3.76. The first-order chi connectivity index (χ1) is 21.8. The first kappa shape index (κ1) is 32.8. The molecule has 1 amide bonds. The van der Waals surface area contributed by atoms with Gasteiger partial charge < -0.3 is 16.0 Å². The predicted octanol–water partition coefficient (Wildman–Crippen LogP) is 9.23. The Morgan fingerprint density at radius 2 is 1.71 bits per heavy atom. The Kier molecular flexibility index (Phi) is 11.7. The van der Waals surface area contributed by atoms with Gasteiger partial charge in [-0.1, -0.05) is 54.6 Å². The summed E-state index contributed by atoms with van der Waals surface area (Å²) in [5, 5.41) is 11.2. The molecule has 0 saturated carbocycles. The lowest BCUT2D eigenvalue weighted by Gasteiger charge is -2.13. The van der Waals surface area contributed by atoms with Crippen molar-refractivity contribution in [3.8, 4) is 9.75 Å². The number of aryl methyl sites for hydroxylation is 2. The average molecular weight is 634 g/mol. The van der Waals surface area contributed by atoms with Crippen LogP contribution in [0.25, 0.3) is 9.75 Å². The van der Waals surface area contributed by atoms with Crippen LogP contribution in [-0.2, 0) is 0 Å². The van der Waals surface area contributed by atoms with Crippen LogP contribution in [0.2, 0.25) is 0 Å². The van der Waals surface area contributed by atoms with Gasteiger partial charge in [0.25, 0.3) is 5.91 Å². The van der Waals surface area contributed by atoms with Gasteiger partial charge in [0.05, 0.1) is 21.8 Å². The number of carbonyl (C=O) groups is 2. The number of aldehydes is 1. The zero-order chi connectivity index (χ0) is 32.2. The van der Waals surface area contributed by atoms with E-state index in [9.17, 15) is 9.59 Å². The summed E-state index contributed by atoms with van der Waals surface area (Å²) >= 11 is 3.23. The van der Waals surface area contributed by atoms with Crippen LogP contribution in [0.4, 0.5) is 17.1 Å². The lowest BCUT2D eigenvalue weighted by Crippen LogP contribution is -2.13. The highest BCUT2D eigenvalue weighted by molar-refractivity contribution is 7.22. The van der Waals surface area contributed by atoms with Gasteiger partial charge in [-0.25, -0.2) is 4.99 Å². The third-order valence-electron chi connectivity index (χ3n) is 6.50. The molecule has 3 N–H and O–H groups in total. The van der Waals surface area contributed by atoms with Crippen molar-refractivity contribution in [3.63, 3.8) is 0 Å². The molecule has 2 aromatic carbocycles. The lowest BCUT2D eigenvalue weighted by atomic mass is 10.1. The highest BCUT2D eigenvalue weighted by Crippen LogP contribution is 2.30. The molecule has 0 aliphatic heterocycles. The number of hydrogen-bond acceptors (Lipinski definition) is 8. The Bertz CT molecular complexity index is 1820. The predicted molar refractivity (Wildman–Crippen MR) is 191 cm³/mol. The molecule has 3 aromatic heterocycles. The van der Waals surface area contributed by atoms with Gasteiger partial charge in [0, 0.05) is 46.1 Å². The second-order valence-corrected chi connectivity index (χ2v) is 12.0. The largest absolute Gasteiger partial charge is 0.387 e. The number of allylic oxidation sites excluding steroid dienone is 2. The molecule has 0 aliphatic carbocycles. The number of carbonyl (C=O) groups excluding carboxylic acids is 2. The van der Waals surface area contributed by atoms with Crippen LogP contribution in [0.3, 0.4) is 0 Å². The zero-order valence-electron chi connectivity index (χ0n) is 25.6. The second kappa shape index (κ2) is 16.1. The van der Waals surface area contributed by atoms with Crippen molar-refractivity contribution in [1.29, 1.82) is 0 Å². The third kappa shape index (κ3) is 9.43. The fourth-order valence-electron chi connectivity index (χ4n) is 4.11. The maximum atomic E-state index is 12.7. The molecular weight excluding hydrogens is 599 g/mol. The number of thiophene rings is 2. The summed E-state index contributed by atoms with van der Waals surface area (Å²) in [6.45, 7) is 10.1. The summed E-state index contributed by atoms with van der Waals surface area (Å²) < 4.78 is 0. The fourth-order valence-corrected chi connectivity index (χ4v) is 5.77. The molecule has 0 spiro atoms. The summed E-state index contributed by atoms with van der Waals surface area (Å²) in [7, 11) is 1.78. The Morgan fingerprint density at radius 3 is 2.38 bits per heavy atom. The van der Waals surface area contributed by atoms with Gasteiger partial charge in [0.1, 0.15) is 5.82 Å². The van der Waals surface area contributed by atoms with Gasteiger partial charge in [-0.05, 0) is 74.2 Å². The van der Waals surface area contributed by atoms with Crippen LogP contribution < -0.4 is 16.0 Å². The maximum absolute atomic E-state index is 12.7. The van der Waals surface area contributed by atoms with Gasteiger partial charge in [-0.2, -0.15) is 0 Å². The molecule has 7 nitrogen and oxygen atoms in total. The van der Waals surface area contributed by atoms with Crippen LogP contribution in [0.1, 0.15) is 43.6 Å². The van der Waals surface area contributed by atoms with E-state index in [4.69, 9.17) is 0 Å². The van der Waals surface area contributed by atoms with Gasteiger partial charge >= 0.3 is 0 Å². The lowest BCUT2D eigenvalue weighted by molar-refractivity contribution is 0.102. The SMILES string of the molecule is C=C(/N=C(\C=C/C)c1ccc(C)cc1)Nc1cc(NC(=O)c2cncc(NC)c2)ccc1C.O=Cc1ccc(-c2cccs2)s1. The van der Waals surface area contributed by atoms with Crippen molar-refractivity contribution in [2.24, 2.45) is 4.99 Å². The van der Waals surface area contributed by atoms with Gasteiger partial charge in [0.2, 0.25) is 0 Å². The van der Waals surface area contributed by atoms with E-state index in [1.165, 1.54) is 32.9 Å². The maximum Gasteiger partial charge on any atom is 0.257 e. The smallest absolute Gasteiger partial charge is 0.257 e. The van der Waals surface area contributed by atoms with Crippen LogP contribution in [-0.4, -0.2) is 29.9 Å². The number of aromatic nitrogens is 1. The highest BCUT2D eigenvalue weighted by atomic mass is 32.1. The van der Waals surface area contributed by atoms with E-state index in [2.05, 4.69) is 57.6 Å². The van der Waals surface area contributed by atoms with Gasteiger partial charge in [-0.3, -0.25) is 14.6 Å². The topological polar surface area (TPSA) is 95.5 Å². The first-order valence-electron chi connectivity index (χ1n) is 14.2. The number of pyridine rings is 1. The number of nitrogens with zero attached hydrogens (tertiary/aromatic N) is 2. The minimum Gasteiger partial charge on any atom is -0.387 e. The number of amides is 1. The quantitative estimate of drug-likeness (QED) is 0.105. The summed E-state index contributed by atoms with van der Waals surface area (Å²) in [5.74, 6) is 0.266. The van der Waals surface area contributed by atoms with Gasteiger partial charge in [0.15, 0.2) is 6.29 Å². The van der Waals surface area contributed by atoms with E-state index in [1.807, 2.05) is 79.9 Å². The van der Waals surface area contributed by atoms with Crippen molar-refractivity contribution in [3.05, 3.63) is 142 Å². The van der Waals surface area contributed by atoms with E-state index < -0.39 is 0 Å². The third-order valence-corrected chi connectivity index (χ3v) is 8.57. The van der Waals surface area contributed by atoms with Crippen molar-refractivity contribution >= 4 is 57.6 Å². The molecule has 0 bridgehead atoms. The Balaban J connectivity index is 0.000000318.